The van der Waals surface area contributed by atoms with Crippen molar-refractivity contribution in [1.82, 2.24) is 0 Å². The molecule has 0 aromatic heterocycles. The number of aliphatic hydroxyl groups is 1. The number of aliphatic hydroxyl groups excluding tert-OH is 1. The zero-order valence-corrected chi connectivity index (χ0v) is 10.7. The smallest absolute Gasteiger partial charge is 0.123 e. The Morgan fingerprint density at radius 2 is 1.74 bits per heavy atom. The van der Waals surface area contributed by atoms with Crippen molar-refractivity contribution < 1.29 is 9.50 Å². The molecule has 1 saturated carbocycles. The van der Waals surface area contributed by atoms with E-state index in [-0.39, 0.29) is 5.82 Å². The van der Waals surface area contributed by atoms with Crippen LogP contribution in [0.2, 0.25) is 0 Å². The summed E-state index contributed by atoms with van der Waals surface area (Å²) in [5.41, 5.74) is 3.26. The van der Waals surface area contributed by atoms with Crippen LogP contribution in [0.1, 0.15) is 41.6 Å². The SMILES string of the molecule is OC(Cc1ccc(F)cc1)c1ccccc1C1CC1. The van der Waals surface area contributed by atoms with E-state index in [1.165, 1.54) is 30.5 Å². The van der Waals surface area contributed by atoms with Crippen LogP contribution in [0.15, 0.2) is 48.5 Å². The third kappa shape index (κ3) is 2.85. The van der Waals surface area contributed by atoms with Gasteiger partial charge in [-0.3, -0.25) is 0 Å². The predicted octanol–water partition coefficient (Wildman–Crippen LogP) is 3.98. The molecule has 0 radical (unpaired) electrons. The summed E-state index contributed by atoms with van der Waals surface area (Å²) < 4.78 is 12.9. The van der Waals surface area contributed by atoms with Crippen molar-refractivity contribution in [3.8, 4) is 0 Å². The Morgan fingerprint density at radius 1 is 1.05 bits per heavy atom. The van der Waals surface area contributed by atoms with Gasteiger partial charge in [0.25, 0.3) is 0 Å². The first-order chi connectivity index (χ1) is 9.24. The lowest BCUT2D eigenvalue weighted by molar-refractivity contribution is 0.177. The summed E-state index contributed by atoms with van der Waals surface area (Å²) in [6.45, 7) is 0. The van der Waals surface area contributed by atoms with Crippen molar-refractivity contribution in [2.45, 2.75) is 31.3 Å². The Morgan fingerprint density at radius 3 is 2.42 bits per heavy atom. The molecule has 0 amide bonds. The van der Waals surface area contributed by atoms with E-state index in [2.05, 4.69) is 6.07 Å². The van der Waals surface area contributed by atoms with Gasteiger partial charge in [0.2, 0.25) is 0 Å². The molecule has 1 aliphatic carbocycles. The Bertz CT molecular complexity index is 558. The van der Waals surface area contributed by atoms with Gasteiger partial charge in [-0.1, -0.05) is 36.4 Å². The van der Waals surface area contributed by atoms with E-state index >= 15 is 0 Å². The lowest BCUT2D eigenvalue weighted by atomic mass is 9.95. The minimum absolute atomic E-state index is 0.239. The van der Waals surface area contributed by atoms with Crippen LogP contribution in [-0.4, -0.2) is 5.11 Å². The second-order valence-electron chi connectivity index (χ2n) is 5.25. The molecule has 1 nitrogen and oxygen atoms in total. The van der Waals surface area contributed by atoms with E-state index in [1.54, 1.807) is 12.1 Å². The van der Waals surface area contributed by atoms with E-state index in [4.69, 9.17) is 0 Å². The topological polar surface area (TPSA) is 20.2 Å². The largest absolute Gasteiger partial charge is 0.388 e. The van der Waals surface area contributed by atoms with Gasteiger partial charge >= 0.3 is 0 Å². The van der Waals surface area contributed by atoms with Gasteiger partial charge in [-0.05, 0) is 47.6 Å². The summed E-state index contributed by atoms with van der Waals surface area (Å²) in [7, 11) is 0. The van der Waals surface area contributed by atoms with Gasteiger partial charge in [0.15, 0.2) is 0 Å². The first-order valence-corrected chi connectivity index (χ1v) is 6.75. The lowest BCUT2D eigenvalue weighted by Crippen LogP contribution is -2.05. The molecule has 0 saturated heterocycles. The quantitative estimate of drug-likeness (QED) is 0.877. The highest BCUT2D eigenvalue weighted by atomic mass is 19.1. The van der Waals surface area contributed by atoms with E-state index in [1.807, 2.05) is 18.2 Å². The van der Waals surface area contributed by atoms with E-state index in [0.29, 0.717) is 12.3 Å². The highest BCUT2D eigenvalue weighted by Crippen LogP contribution is 2.43. The van der Waals surface area contributed by atoms with Gasteiger partial charge in [-0.25, -0.2) is 4.39 Å². The highest BCUT2D eigenvalue weighted by molar-refractivity contribution is 5.35. The minimum atomic E-state index is -0.512. The maximum absolute atomic E-state index is 12.9. The normalized spacial score (nSPS) is 16.3. The van der Waals surface area contributed by atoms with Crippen molar-refractivity contribution in [2.24, 2.45) is 0 Å². The lowest BCUT2D eigenvalue weighted by Gasteiger charge is -2.15. The fourth-order valence-electron chi connectivity index (χ4n) is 2.53. The molecule has 2 aromatic rings. The molecule has 2 aromatic carbocycles. The number of rotatable bonds is 4. The van der Waals surface area contributed by atoms with E-state index in [9.17, 15) is 9.50 Å². The second-order valence-corrected chi connectivity index (χ2v) is 5.25. The van der Waals surface area contributed by atoms with Crippen molar-refractivity contribution in [3.05, 3.63) is 71.0 Å². The molecule has 19 heavy (non-hydrogen) atoms. The van der Waals surface area contributed by atoms with Crippen molar-refractivity contribution in [3.63, 3.8) is 0 Å². The maximum atomic E-state index is 12.9. The third-order valence-corrected chi connectivity index (χ3v) is 3.71. The molecule has 1 atom stereocenters. The van der Waals surface area contributed by atoms with Crippen molar-refractivity contribution in [2.75, 3.05) is 0 Å². The molecular formula is C17H17FO. The zero-order chi connectivity index (χ0) is 13.2. The van der Waals surface area contributed by atoms with Gasteiger partial charge in [0.1, 0.15) is 5.82 Å². The summed E-state index contributed by atoms with van der Waals surface area (Å²) in [6.07, 6.45) is 2.46. The molecule has 0 spiro atoms. The summed E-state index contributed by atoms with van der Waals surface area (Å²) >= 11 is 0. The third-order valence-electron chi connectivity index (χ3n) is 3.71. The number of benzene rings is 2. The van der Waals surface area contributed by atoms with Gasteiger partial charge in [-0.15, -0.1) is 0 Å². The summed E-state index contributed by atoms with van der Waals surface area (Å²) in [5, 5.41) is 10.4. The molecule has 1 aliphatic rings. The summed E-state index contributed by atoms with van der Waals surface area (Å²) in [5.74, 6) is 0.385. The van der Waals surface area contributed by atoms with Gasteiger partial charge in [0, 0.05) is 6.42 Å². The fraction of sp³-hybridized carbons (Fsp3) is 0.294. The fourth-order valence-corrected chi connectivity index (χ4v) is 2.53. The van der Waals surface area contributed by atoms with Gasteiger partial charge in [0.05, 0.1) is 6.10 Å². The first-order valence-electron chi connectivity index (χ1n) is 6.75. The molecule has 0 aliphatic heterocycles. The van der Waals surface area contributed by atoms with Crippen molar-refractivity contribution >= 4 is 0 Å². The average Bonchev–Trinajstić information content (AvgIpc) is 3.26. The Kier molecular flexibility index (Phi) is 3.34. The standard InChI is InChI=1S/C17H17FO/c18-14-9-5-12(6-10-14)11-17(19)16-4-2-1-3-15(16)13-7-8-13/h1-6,9-10,13,17,19H,7-8,11H2. The molecule has 2 heteroatoms. The van der Waals surface area contributed by atoms with Gasteiger partial charge < -0.3 is 5.11 Å². The monoisotopic (exact) mass is 256 g/mol. The molecule has 1 N–H and O–H groups in total. The molecule has 0 bridgehead atoms. The van der Waals surface area contributed by atoms with Crippen LogP contribution in [0.5, 0.6) is 0 Å². The second kappa shape index (κ2) is 5.14. The zero-order valence-electron chi connectivity index (χ0n) is 10.7. The van der Waals surface area contributed by atoms with Crippen LogP contribution in [0.25, 0.3) is 0 Å². The summed E-state index contributed by atoms with van der Waals surface area (Å²) in [4.78, 5) is 0. The molecular weight excluding hydrogens is 239 g/mol. The van der Waals surface area contributed by atoms with E-state index < -0.39 is 6.10 Å². The number of hydrogen-bond acceptors (Lipinski definition) is 1. The van der Waals surface area contributed by atoms with Crippen LogP contribution in [-0.2, 0) is 6.42 Å². The van der Waals surface area contributed by atoms with Crippen LogP contribution in [0.3, 0.4) is 0 Å². The summed E-state index contributed by atoms with van der Waals surface area (Å²) in [6, 6.07) is 14.5. The minimum Gasteiger partial charge on any atom is -0.388 e. The highest BCUT2D eigenvalue weighted by Gasteiger charge is 2.27. The molecule has 98 valence electrons. The Labute approximate surface area is 112 Å². The van der Waals surface area contributed by atoms with E-state index in [0.717, 1.165) is 11.1 Å². The number of hydrogen-bond donors (Lipinski definition) is 1. The molecule has 3 rings (SSSR count). The first kappa shape index (κ1) is 12.4. The molecule has 1 unspecified atom stereocenters. The predicted molar refractivity (Wildman–Crippen MR) is 73.5 cm³/mol. The maximum Gasteiger partial charge on any atom is 0.123 e. The molecule has 1 fully saturated rings. The van der Waals surface area contributed by atoms with Crippen LogP contribution < -0.4 is 0 Å². The van der Waals surface area contributed by atoms with Crippen LogP contribution in [0.4, 0.5) is 4.39 Å². The average molecular weight is 256 g/mol. The Hall–Kier alpha value is -1.67. The molecule has 0 heterocycles. The Balaban J connectivity index is 1.80. The van der Waals surface area contributed by atoms with Crippen molar-refractivity contribution in [1.29, 1.82) is 0 Å². The van der Waals surface area contributed by atoms with Crippen LogP contribution in [0, 0.1) is 5.82 Å². The van der Waals surface area contributed by atoms with Crippen LogP contribution >= 0.6 is 0 Å². The van der Waals surface area contributed by atoms with Gasteiger partial charge in [-0.2, -0.15) is 0 Å². The number of halogens is 1.